The standard InChI is InChI=1S/C33H42N4O2.C32H39FN4O/c1-4-34(5-2)18-8-19-37-31-10-7-6-9-29(31)30-16-13-27(25-32(30)37)33(38)36-23-21-35(22-24-36)20-17-26-11-14-28(39-3)15-12-26;1-3-34(4-2)17-7-18-37-30-9-6-5-8-28(30)29-15-12-26(24-31(29)37)32(38)36-22-20-35(21-23-36)19-16-25-10-13-27(33)14-11-25/h6-7,9-16,25H,4-5,8,17-24H2,1-3H3;5-6,8-15,24H,3-4,7,16-23H2,1-2H3. The van der Waals surface area contributed by atoms with Crippen molar-refractivity contribution in [3.63, 3.8) is 0 Å². The topological polar surface area (TPSA) is 72.7 Å². The number of carbonyl (C=O) groups excluding carboxylic acids is 2. The quantitative estimate of drug-likeness (QED) is 0.0710. The van der Waals surface area contributed by atoms with E-state index in [1.807, 2.05) is 46.2 Å². The van der Waals surface area contributed by atoms with Crippen LogP contribution in [0.2, 0.25) is 0 Å². The monoisotopic (exact) mass is 1040 g/mol. The van der Waals surface area contributed by atoms with Crippen LogP contribution in [0.5, 0.6) is 5.75 Å². The van der Waals surface area contributed by atoms with Crippen LogP contribution in [0, 0.1) is 5.82 Å². The van der Waals surface area contributed by atoms with Gasteiger partial charge in [-0.25, -0.2) is 4.39 Å². The van der Waals surface area contributed by atoms with Crippen LogP contribution in [0.15, 0.2) is 133 Å². The molecular weight excluding hydrogens is 960 g/mol. The average molecular weight is 1040 g/mol. The van der Waals surface area contributed by atoms with Gasteiger partial charge in [0, 0.05) is 133 Å². The van der Waals surface area contributed by atoms with E-state index < -0.39 is 0 Å². The first-order chi connectivity index (χ1) is 37.7. The maximum atomic E-state index is 13.6. The molecule has 2 saturated heterocycles. The van der Waals surface area contributed by atoms with Crippen LogP contribution >= 0.6 is 0 Å². The molecule has 77 heavy (non-hydrogen) atoms. The molecule has 0 aliphatic carbocycles. The number of aryl methyl sites for hydroxylation is 2. The Morgan fingerprint density at radius 1 is 0.468 bits per heavy atom. The predicted octanol–water partition coefficient (Wildman–Crippen LogP) is 11.2. The Bertz CT molecular complexity index is 3180. The minimum Gasteiger partial charge on any atom is -0.497 e. The molecule has 406 valence electrons. The minimum absolute atomic E-state index is 0.116. The third-order valence-electron chi connectivity index (χ3n) is 16.4. The van der Waals surface area contributed by atoms with Crippen LogP contribution in [0.3, 0.4) is 0 Å². The van der Waals surface area contributed by atoms with Gasteiger partial charge in [-0.1, -0.05) is 100 Å². The molecule has 0 unspecified atom stereocenters. The second-order valence-electron chi connectivity index (χ2n) is 20.8. The van der Waals surface area contributed by atoms with Crippen molar-refractivity contribution in [3.8, 4) is 5.75 Å². The molecule has 4 heterocycles. The van der Waals surface area contributed by atoms with E-state index in [1.54, 1.807) is 7.11 Å². The number of hydrogen-bond donors (Lipinski definition) is 0. The highest BCUT2D eigenvalue weighted by Crippen LogP contribution is 2.32. The number of rotatable bonds is 21. The number of para-hydroxylation sites is 2. The highest BCUT2D eigenvalue weighted by molar-refractivity contribution is 6.11. The largest absolute Gasteiger partial charge is 0.497 e. The molecule has 2 amide bonds. The summed E-state index contributed by atoms with van der Waals surface area (Å²) < 4.78 is 23.2. The predicted molar refractivity (Wildman–Crippen MR) is 315 cm³/mol. The van der Waals surface area contributed by atoms with Gasteiger partial charge in [0.1, 0.15) is 11.6 Å². The third-order valence-corrected chi connectivity index (χ3v) is 16.4. The van der Waals surface area contributed by atoms with E-state index in [-0.39, 0.29) is 17.6 Å². The summed E-state index contributed by atoms with van der Waals surface area (Å²) in [6.45, 7) is 25.7. The third kappa shape index (κ3) is 13.4. The Balaban J connectivity index is 0.000000188. The number of ether oxygens (including phenoxy) is 1. The highest BCUT2D eigenvalue weighted by Gasteiger charge is 2.25. The Kier molecular flexibility index (Phi) is 19.1. The first-order valence-corrected chi connectivity index (χ1v) is 28.6. The van der Waals surface area contributed by atoms with Gasteiger partial charge < -0.3 is 33.5 Å². The van der Waals surface area contributed by atoms with Gasteiger partial charge in [-0.3, -0.25) is 19.4 Å². The number of aromatic nitrogens is 2. The molecule has 2 aromatic heterocycles. The van der Waals surface area contributed by atoms with E-state index >= 15 is 0 Å². The maximum absolute atomic E-state index is 13.6. The first kappa shape index (κ1) is 55.2. The van der Waals surface area contributed by atoms with Gasteiger partial charge in [0.05, 0.1) is 7.11 Å². The number of benzene rings is 6. The first-order valence-electron chi connectivity index (χ1n) is 28.6. The van der Waals surface area contributed by atoms with Crippen molar-refractivity contribution in [2.45, 2.75) is 66.5 Å². The molecule has 0 spiro atoms. The number of piperazine rings is 2. The molecule has 10 rings (SSSR count). The van der Waals surface area contributed by atoms with E-state index in [4.69, 9.17) is 4.74 Å². The van der Waals surface area contributed by atoms with E-state index in [0.29, 0.717) is 0 Å². The van der Waals surface area contributed by atoms with Crippen molar-refractivity contribution in [2.24, 2.45) is 0 Å². The van der Waals surface area contributed by atoms with Crippen molar-refractivity contribution in [3.05, 3.63) is 162 Å². The van der Waals surface area contributed by atoms with Crippen LogP contribution in [0.1, 0.15) is 72.4 Å². The van der Waals surface area contributed by atoms with Gasteiger partial charge in [-0.05, 0) is 137 Å². The number of methoxy groups -OCH3 is 1. The van der Waals surface area contributed by atoms with Crippen molar-refractivity contribution in [1.82, 2.24) is 38.5 Å². The molecule has 0 N–H and O–H groups in total. The lowest BCUT2D eigenvalue weighted by molar-refractivity contribution is 0.0632. The molecule has 0 bridgehead atoms. The molecule has 11 nitrogen and oxygen atoms in total. The molecule has 12 heteroatoms. The van der Waals surface area contributed by atoms with Gasteiger partial charge >= 0.3 is 0 Å². The van der Waals surface area contributed by atoms with Crippen molar-refractivity contribution < 1.29 is 18.7 Å². The average Bonchev–Trinajstić information content (AvgIpc) is 4.00. The smallest absolute Gasteiger partial charge is 0.254 e. The van der Waals surface area contributed by atoms with Gasteiger partial charge in [0.25, 0.3) is 11.8 Å². The van der Waals surface area contributed by atoms with E-state index in [9.17, 15) is 14.0 Å². The number of hydrogen-bond acceptors (Lipinski definition) is 7. The Morgan fingerprint density at radius 2 is 0.857 bits per heavy atom. The molecule has 0 atom stereocenters. The highest BCUT2D eigenvalue weighted by atomic mass is 19.1. The van der Waals surface area contributed by atoms with Crippen LogP contribution in [0.25, 0.3) is 43.6 Å². The number of carbonyl (C=O) groups is 2. The molecule has 8 aromatic rings. The van der Waals surface area contributed by atoms with Gasteiger partial charge in [-0.15, -0.1) is 0 Å². The van der Waals surface area contributed by atoms with Gasteiger partial charge in [-0.2, -0.15) is 0 Å². The van der Waals surface area contributed by atoms with Gasteiger partial charge in [0.2, 0.25) is 0 Å². The summed E-state index contributed by atoms with van der Waals surface area (Å²) in [7, 11) is 1.70. The molecular formula is C65H81FN8O3. The van der Waals surface area contributed by atoms with Crippen molar-refractivity contribution in [1.29, 1.82) is 0 Å². The van der Waals surface area contributed by atoms with Crippen LogP contribution in [-0.4, -0.2) is 162 Å². The summed E-state index contributed by atoms with van der Waals surface area (Å²) >= 11 is 0. The Morgan fingerprint density at radius 3 is 1.26 bits per heavy atom. The summed E-state index contributed by atoms with van der Waals surface area (Å²) in [6, 6.07) is 44.8. The lowest BCUT2D eigenvalue weighted by atomic mass is 10.1. The molecule has 2 aliphatic heterocycles. The van der Waals surface area contributed by atoms with Crippen LogP contribution in [0.4, 0.5) is 4.39 Å². The fraction of sp³-hybridized carbons (Fsp3) is 0.415. The lowest BCUT2D eigenvalue weighted by Gasteiger charge is -2.34. The second kappa shape index (κ2) is 26.7. The fourth-order valence-corrected chi connectivity index (χ4v) is 11.6. The van der Waals surface area contributed by atoms with Crippen molar-refractivity contribution >= 4 is 55.4 Å². The van der Waals surface area contributed by atoms with E-state index in [0.717, 1.165) is 171 Å². The van der Waals surface area contributed by atoms with Crippen LogP contribution in [-0.2, 0) is 25.9 Å². The molecule has 2 fully saturated rings. The Labute approximate surface area is 456 Å². The zero-order valence-electron chi connectivity index (χ0n) is 46.4. The summed E-state index contributed by atoms with van der Waals surface area (Å²) in [5, 5.41) is 4.96. The normalized spacial score (nSPS) is 14.6. The molecule has 0 saturated carbocycles. The summed E-state index contributed by atoms with van der Waals surface area (Å²) in [5.74, 6) is 0.958. The Hall–Kier alpha value is -6.57. The second-order valence-corrected chi connectivity index (χ2v) is 20.8. The lowest BCUT2D eigenvalue weighted by Crippen LogP contribution is -2.49. The van der Waals surface area contributed by atoms with Crippen LogP contribution < -0.4 is 4.74 Å². The minimum atomic E-state index is -0.195. The number of amides is 2. The van der Waals surface area contributed by atoms with Gasteiger partial charge in [0.15, 0.2) is 0 Å². The SMILES string of the molecule is CCN(CC)CCCn1c2ccccc2c2ccc(C(=O)N3CCN(CCc4ccc(F)cc4)CC3)cc21.CCN(CC)CCCn1c2ccccc2c2ccc(C(=O)N3CCN(CCc4ccc(OC)cc4)CC3)cc21. The molecule has 6 aromatic carbocycles. The van der Waals surface area contributed by atoms with Crippen molar-refractivity contribution in [2.75, 3.05) is 112 Å². The molecule has 2 aliphatic rings. The van der Waals surface area contributed by atoms with E-state index in [1.165, 1.54) is 55.8 Å². The number of nitrogens with zero attached hydrogens (tertiary/aromatic N) is 8. The zero-order valence-corrected chi connectivity index (χ0v) is 46.4. The summed E-state index contributed by atoms with van der Waals surface area (Å²) in [4.78, 5) is 40.9. The summed E-state index contributed by atoms with van der Waals surface area (Å²) in [5.41, 5.74) is 8.82. The molecule has 0 radical (unpaired) electrons. The fourth-order valence-electron chi connectivity index (χ4n) is 11.6. The maximum Gasteiger partial charge on any atom is 0.254 e. The number of halogens is 1. The van der Waals surface area contributed by atoms with E-state index in [2.05, 4.69) is 141 Å². The summed E-state index contributed by atoms with van der Waals surface area (Å²) in [6.07, 6.45) is 4.07. The number of fused-ring (bicyclic) bond motifs is 6. The zero-order chi connectivity index (χ0) is 53.7.